The molecule has 196 valence electrons. The van der Waals surface area contributed by atoms with Crippen LogP contribution in [0.15, 0.2) is 126 Å². The van der Waals surface area contributed by atoms with Crippen LogP contribution in [0.1, 0.15) is 42.6 Å². The lowest BCUT2D eigenvalue weighted by Gasteiger charge is -2.39. The number of hydrogen-bond donors (Lipinski definition) is 0. The van der Waals surface area contributed by atoms with Crippen molar-refractivity contribution in [2.75, 3.05) is 27.4 Å². The Labute approximate surface area is 225 Å². The van der Waals surface area contributed by atoms with Crippen LogP contribution in [-0.4, -0.2) is 38.2 Å². The number of nitrogens with zero attached hydrogens (tertiary/aromatic N) is 1. The van der Waals surface area contributed by atoms with Crippen LogP contribution in [0.2, 0.25) is 0 Å². The highest BCUT2D eigenvalue weighted by Crippen LogP contribution is 2.44. The molecule has 1 aliphatic rings. The van der Waals surface area contributed by atoms with Crippen LogP contribution in [0.3, 0.4) is 0 Å². The Morgan fingerprint density at radius 2 is 1.29 bits per heavy atom. The molecule has 1 unspecified atom stereocenters. The molecule has 0 N–H and O–H groups in total. The molecule has 3 aromatic rings. The molecule has 0 aromatic heterocycles. The first-order valence-electron chi connectivity index (χ1n) is 12.7. The van der Waals surface area contributed by atoms with Crippen molar-refractivity contribution in [1.29, 1.82) is 0 Å². The van der Waals surface area contributed by atoms with Crippen LogP contribution in [0.5, 0.6) is 0 Å². The maximum absolute atomic E-state index is 13.2. The van der Waals surface area contributed by atoms with Gasteiger partial charge in [0.15, 0.2) is 0 Å². The zero-order valence-electron chi connectivity index (χ0n) is 22.5. The molecule has 0 saturated carbocycles. The molecule has 1 aliphatic heterocycles. The van der Waals surface area contributed by atoms with Crippen LogP contribution >= 0.6 is 0 Å². The van der Waals surface area contributed by atoms with Crippen molar-refractivity contribution in [1.82, 2.24) is 4.90 Å². The van der Waals surface area contributed by atoms with Gasteiger partial charge in [-0.3, -0.25) is 0 Å². The number of hydrogen-bond acceptors (Lipinski definition) is 5. The summed E-state index contributed by atoms with van der Waals surface area (Å²) in [5, 5.41) is 0. The summed E-state index contributed by atoms with van der Waals surface area (Å²) in [6, 6.07) is 30.3. The Bertz CT molecular complexity index is 1230. The number of esters is 1. The second-order valence-corrected chi connectivity index (χ2v) is 9.18. The Morgan fingerprint density at radius 3 is 1.79 bits per heavy atom. The summed E-state index contributed by atoms with van der Waals surface area (Å²) in [5.74, 6) is -0.208. The molecule has 0 fully saturated rings. The van der Waals surface area contributed by atoms with E-state index >= 15 is 0 Å². The van der Waals surface area contributed by atoms with E-state index in [4.69, 9.17) is 14.2 Å². The summed E-state index contributed by atoms with van der Waals surface area (Å²) in [4.78, 5) is 15.3. The van der Waals surface area contributed by atoms with Gasteiger partial charge in [0.25, 0.3) is 0 Å². The van der Waals surface area contributed by atoms with Crippen molar-refractivity contribution in [2.24, 2.45) is 0 Å². The van der Waals surface area contributed by atoms with Crippen molar-refractivity contribution < 1.29 is 19.0 Å². The molecule has 0 radical (unpaired) electrons. The number of ether oxygens (including phenoxy) is 3. The molecule has 0 aliphatic carbocycles. The summed E-state index contributed by atoms with van der Waals surface area (Å²) in [5.41, 5.74) is 6.37. The fourth-order valence-electron chi connectivity index (χ4n) is 5.17. The van der Waals surface area contributed by atoms with E-state index in [0.29, 0.717) is 24.5 Å². The highest BCUT2D eigenvalue weighted by molar-refractivity contribution is 5.93. The van der Waals surface area contributed by atoms with E-state index in [9.17, 15) is 4.79 Å². The van der Waals surface area contributed by atoms with Gasteiger partial charge in [-0.15, -0.1) is 0 Å². The van der Waals surface area contributed by atoms with Crippen LogP contribution < -0.4 is 0 Å². The van der Waals surface area contributed by atoms with Gasteiger partial charge in [0.2, 0.25) is 0 Å². The van der Waals surface area contributed by atoms with Crippen LogP contribution in [0.25, 0.3) is 0 Å². The van der Waals surface area contributed by atoms with E-state index in [-0.39, 0.29) is 18.0 Å². The first kappa shape index (κ1) is 27.0. The lowest BCUT2D eigenvalue weighted by Crippen LogP contribution is -2.35. The van der Waals surface area contributed by atoms with Gasteiger partial charge >= 0.3 is 5.97 Å². The summed E-state index contributed by atoms with van der Waals surface area (Å²) < 4.78 is 17.4. The van der Waals surface area contributed by atoms with Crippen molar-refractivity contribution in [3.63, 3.8) is 0 Å². The van der Waals surface area contributed by atoms with Crippen molar-refractivity contribution in [3.05, 3.63) is 143 Å². The Hall–Kier alpha value is -4.09. The molecule has 4 rings (SSSR count). The molecule has 0 spiro atoms. The molecule has 0 saturated heterocycles. The molecular weight excluding hydrogens is 474 g/mol. The van der Waals surface area contributed by atoms with Crippen molar-refractivity contribution >= 4 is 5.97 Å². The SMILES string of the molecule is C=C(OC)C1=C(C)N(CCOC(c2ccccc2)c2ccccc2)C(C)=C(C(=O)OC)C1c1ccccc1. The van der Waals surface area contributed by atoms with Crippen LogP contribution in [-0.2, 0) is 19.0 Å². The minimum atomic E-state index is -0.373. The molecule has 0 amide bonds. The first-order valence-corrected chi connectivity index (χ1v) is 12.7. The lowest BCUT2D eigenvalue weighted by molar-refractivity contribution is -0.136. The fraction of sp³-hybridized carbons (Fsp3) is 0.242. The topological polar surface area (TPSA) is 48.0 Å². The minimum Gasteiger partial charge on any atom is -0.497 e. The highest BCUT2D eigenvalue weighted by Gasteiger charge is 2.38. The first-order chi connectivity index (χ1) is 18.5. The van der Waals surface area contributed by atoms with Gasteiger partial charge in [0.05, 0.1) is 26.4 Å². The molecule has 38 heavy (non-hydrogen) atoms. The normalized spacial score (nSPS) is 15.6. The highest BCUT2D eigenvalue weighted by atomic mass is 16.5. The maximum atomic E-state index is 13.2. The third-order valence-corrected chi connectivity index (χ3v) is 7.06. The standard InChI is InChI=1S/C33H35NO4/c1-23-29(25(3)36-4)31(26-15-9-6-10-16-26)30(33(35)37-5)24(2)34(23)21-22-38-32(27-17-11-7-12-18-27)28-19-13-8-14-20-28/h6-20,31-32H,3,21-22H2,1-2,4-5H3. The maximum Gasteiger partial charge on any atom is 0.336 e. The smallest absolute Gasteiger partial charge is 0.336 e. The van der Waals surface area contributed by atoms with E-state index in [1.54, 1.807) is 7.11 Å². The number of allylic oxidation sites excluding steroid dienone is 3. The monoisotopic (exact) mass is 509 g/mol. The summed E-state index contributed by atoms with van der Waals surface area (Å²) in [6.45, 7) is 9.15. The third-order valence-electron chi connectivity index (χ3n) is 7.06. The lowest BCUT2D eigenvalue weighted by atomic mass is 9.79. The summed E-state index contributed by atoms with van der Waals surface area (Å²) >= 11 is 0. The molecule has 1 heterocycles. The Balaban J connectivity index is 1.69. The van der Waals surface area contributed by atoms with Gasteiger partial charge in [-0.05, 0) is 30.5 Å². The molecular formula is C33H35NO4. The van der Waals surface area contributed by atoms with E-state index in [0.717, 1.165) is 33.7 Å². The number of carbonyl (C=O) groups excluding carboxylic acids is 1. The van der Waals surface area contributed by atoms with Crippen LogP contribution in [0, 0.1) is 0 Å². The molecule has 0 bridgehead atoms. The number of carbonyl (C=O) groups is 1. The van der Waals surface area contributed by atoms with Gasteiger partial charge < -0.3 is 19.1 Å². The van der Waals surface area contributed by atoms with Gasteiger partial charge in [-0.25, -0.2) is 4.79 Å². The zero-order valence-corrected chi connectivity index (χ0v) is 22.5. The second-order valence-electron chi connectivity index (χ2n) is 9.18. The minimum absolute atomic E-state index is 0.207. The van der Waals surface area contributed by atoms with Gasteiger partial charge in [-0.2, -0.15) is 0 Å². The average Bonchev–Trinajstić information content (AvgIpc) is 2.97. The third kappa shape index (κ3) is 5.58. The van der Waals surface area contributed by atoms with Gasteiger partial charge in [0.1, 0.15) is 11.9 Å². The Kier molecular flexibility index (Phi) is 8.82. The van der Waals surface area contributed by atoms with E-state index < -0.39 is 0 Å². The predicted molar refractivity (Wildman–Crippen MR) is 150 cm³/mol. The average molecular weight is 510 g/mol. The fourth-order valence-corrected chi connectivity index (χ4v) is 5.17. The van der Waals surface area contributed by atoms with Gasteiger partial charge in [-0.1, -0.05) is 97.6 Å². The van der Waals surface area contributed by atoms with Gasteiger partial charge in [0, 0.05) is 29.4 Å². The number of methoxy groups -OCH3 is 2. The number of benzene rings is 3. The van der Waals surface area contributed by atoms with E-state index in [1.165, 1.54) is 7.11 Å². The largest absolute Gasteiger partial charge is 0.497 e. The number of rotatable bonds is 10. The predicted octanol–water partition coefficient (Wildman–Crippen LogP) is 6.77. The van der Waals surface area contributed by atoms with Crippen LogP contribution in [0.4, 0.5) is 0 Å². The zero-order chi connectivity index (χ0) is 27.1. The Morgan fingerprint density at radius 1 is 0.789 bits per heavy atom. The molecule has 5 heteroatoms. The quantitative estimate of drug-likeness (QED) is 0.223. The van der Waals surface area contributed by atoms with Crippen molar-refractivity contribution in [3.8, 4) is 0 Å². The summed E-state index contributed by atoms with van der Waals surface area (Å²) in [7, 11) is 3.02. The second kappa shape index (κ2) is 12.4. The molecule has 1 atom stereocenters. The molecule has 5 nitrogen and oxygen atoms in total. The summed E-state index contributed by atoms with van der Waals surface area (Å²) in [6.07, 6.45) is -0.207. The van der Waals surface area contributed by atoms with Crippen molar-refractivity contribution in [2.45, 2.75) is 25.9 Å². The van der Waals surface area contributed by atoms with E-state index in [2.05, 4.69) is 35.7 Å². The van der Waals surface area contributed by atoms with E-state index in [1.807, 2.05) is 80.6 Å². The molecule has 3 aromatic carbocycles.